The second-order valence-electron chi connectivity index (χ2n) is 7.67. The van der Waals surface area contributed by atoms with Gasteiger partial charge in [0.1, 0.15) is 23.4 Å². The lowest BCUT2D eigenvalue weighted by Crippen LogP contribution is -2.15. The van der Waals surface area contributed by atoms with Crippen LogP contribution in [-0.2, 0) is 11.3 Å². The minimum Gasteiger partial charge on any atom is -0.457 e. The van der Waals surface area contributed by atoms with Gasteiger partial charge in [-0.15, -0.1) is 0 Å². The van der Waals surface area contributed by atoms with E-state index in [-0.39, 0.29) is 35.8 Å². The van der Waals surface area contributed by atoms with E-state index in [1.165, 1.54) is 22.9 Å². The molecule has 2 aromatic carbocycles. The predicted molar refractivity (Wildman–Crippen MR) is 121 cm³/mol. The number of aromatic nitrogens is 2. The third-order valence-corrected chi connectivity index (χ3v) is 5.20. The standard InChI is InChI=1S/C22H23N5O6/c1-13-7-14(2)15(3)21(8-13)33-19-10-17(9-18(11-19)26(29)30)24-22(28)5-6-25-16(4)20(12-23-25)27(31)32/h7-12H,5-6H2,1-4H3,(H,24,28). The molecule has 33 heavy (non-hydrogen) atoms. The predicted octanol–water partition coefficient (Wildman–Crippen LogP) is 4.75. The molecular weight excluding hydrogens is 430 g/mol. The van der Waals surface area contributed by atoms with Crippen LogP contribution in [0.2, 0.25) is 0 Å². The number of hydrogen-bond acceptors (Lipinski definition) is 7. The fourth-order valence-electron chi connectivity index (χ4n) is 3.33. The number of carbonyl (C=O) groups is 1. The third-order valence-electron chi connectivity index (χ3n) is 5.20. The van der Waals surface area contributed by atoms with Crippen molar-refractivity contribution >= 4 is 23.0 Å². The smallest absolute Gasteiger partial charge is 0.309 e. The number of non-ortho nitro benzene ring substituents is 1. The molecule has 1 heterocycles. The number of nitrogens with zero attached hydrogens (tertiary/aromatic N) is 4. The summed E-state index contributed by atoms with van der Waals surface area (Å²) in [6.45, 7) is 7.43. The van der Waals surface area contributed by atoms with Gasteiger partial charge >= 0.3 is 5.69 Å². The van der Waals surface area contributed by atoms with Gasteiger partial charge in [0.25, 0.3) is 5.69 Å². The summed E-state index contributed by atoms with van der Waals surface area (Å²) < 4.78 is 7.28. The molecule has 0 radical (unpaired) electrons. The van der Waals surface area contributed by atoms with E-state index in [0.29, 0.717) is 11.4 Å². The van der Waals surface area contributed by atoms with Crippen LogP contribution in [-0.4, -0.2) is 25.5 Å². The zero-order valence-corrected chi connectivity index (χ0v) is 18.6. The second-order valence-corrected chi connectivity index (χ2v) is 7.67. The number of anilines is 1. The van der Waals surface area contributed by atoms with Crippen molar-refractivity contribution < 1.29 is 19.4 Å². The van der Waals surface area contributed by atoms with Gasteiger partial charge in [-0.25, -0.2) is 0 Å². The highest BCUT2D eigenvalue weighted by Crippen LogP contribution is 2.33. The highest BCUT2D eigenvalue weighted by Gasteiger charge is 2.18. The van der Waals surface area contributed by atoms with Crippen LogP contribution in [0.25, 0.3) is 0 Å². The first kappa shape index (κ1) is 23.4. The molecular formula is C22H23N5O6. The second kappa shape index (κ2) is 9.47. The van der Waals surface area contributed by atoms with E-state index in [1.54, 1.807) is 6.92 Å². The van der Waals surface area contributed by atoms with Crippen molar-refractivity contribution in [2.24, 2.45) is 0 Å². The molecule has 11 heteroatoms. The van der Waals surface area contributed by atoms with E-state index in [2.05, 4.69) is 10.4 Å². The van der Waals surface area contributed by atoms with Gasteiger partial charge in [-0.1, -0.05) is 6.07 Å². The maximum atomic E-state index is 12.4. The van der Waals surface area contributed by atoms with Crippen LogP contribution >= 0.6 is 0 Å². The lowest BCUT2D eigenvalue weighted by atomic mass is 10.1. The van der Waals surface area contributed by atoms with Crippen LogP contribution in [0, 0.1) is 47.9 Å². The lowest BCUT2D eigenvalue weighted by molar-refractivity contribution is -0.385. The zero-order chi connectivity index (χ0) is 24.3. The molecule has 1 aromatic heterocycles. The number of nitrogens with one attached hydrogen (secondary N) is 1. The van der Waals surface area contributed by atoms with Gasteiger partial charge in [0.2, 0.25) is 5.91 Å². The van der Waals surface area contributed by atoms with Gasteiger partial charge in [0.15, 0.2) is 0 Å². The van der Waals surface area contributed by atoms with Crippen LogP contribution in [0.1, 0.15) is 28.8 Å². The van der Waals surface area contributed by atoms with Crippen LogP contribution in [0.5, 0.6) is 11.5 Å². The van der Waals surface area contributed by atoms with Crippen molar-refractivity contribution in [3.63, 3.8) is 0 Å². The van der Waals surface area contributed by atoms with Crippen molar-refractivity contribution in [3.8, 4) is 11.5 Å². The summed E-state index contributed by atoms with van der Waals surface area (Å²) in [6, 6.07) is 7.89. The van der Waals surface area contributed by atoms with Gasteiger partial charge in [-0.2, -0.15) is 5.10 Å². The van der Waals surface area contributed by atoms with Gasteiger partial charge in [-0.3, -0.25) is 29.7 Å². The van der Waals surface area contributed by atoms with Crippen molar-refractivity contribution in [1.82, 2.24) is 9.78 Å². The molecule has 0 saturated heterocycles. The number of amides is 1. The molecule has 1 N–H and O–H groups in total. The Kier molecular flexibility index (Phi) is 6.71. The minimum absolute atomic E-state index is 0.0330. The molecule has 0 fully saturated rings. The number of ether oxygens (including phenoxy) is 1. The largest absolute Gasteiger partial charge is 0.457 e. The number of nitro benzene ring substituents is 1. The summed E-state index contributed by atoms with van der Waals surface area (Å²) in [6.07, 6.45) is 1.10. The first-order valence-electron chi connectivity index (χ1n) is 10.1. The maximum Gasteiger partial charge on any atom is 0.309 e. The summed E-state index contributed by atoms with van der Waals surface area (Å²) in [5, 5.41) is 28.9. The molecule has 11 nitrogen and oxygen atoms in total. The number of benzene rings is 2. The Morgan fingerprint density at radius 2 is 1.79 bits per heavy atom. The number of rotatable bonds is 8. The highest BCUT2D eigenvalue weighted by atomic mass is 16.6. The number of nitro groups is 2. The van der Waals surface area contributed by atoms with Crippen LogP contribution in [0.3, 0.4) is 0 Å². The molecule has 0 bridgehead atoms. The van der Waals surface area contributed by atoms with Crippen molar-refractivity contribution in [3.05, 3.63) is 79.1 Å². The zero-order valence-electron chi connectivity index (χ0n) is 18.6. The quantitative estimate of drug-likeness (QED) is 0.383. The van der Waals surface area contributed by atoms with E-state index in [9.17, 15) is 25.0 Å². The van der Waals surface area contributed by atoms with Gasteiger partial charge in [-0.05, 0) is 50.5 Å². The molecule has 0 spiro atoms. The topological polar surface area (TPSA) is 142 Å². The summed E-state index contributed by atoms with van der Waals surface area (Å²) in [5.74, 6) is 0.355. The molecule has 0 atom stereocenters. The third kappa shape index (κ3) is 5.50. The Morgan fingerprint density at radius 1 is 1.06 bits per heavy atom. The fraction of sp³-hybridized carbons (Fsp3) is 0.273. The first-order chi connectivity index (χ1) is 15.5. The average Bonchev–Trinajstić information content (AvgIpc) is 3.10. The molecule has 0 aliphatic heterocycles. The lowest BCUT2D eigenvalue weighted by Gasteiger charge is -2.13. The van der Waals surface area contributed by atoms with Crippen LogP contribution in [0.15, 0.2) is 36.5 Å². The Morgan fingerprint density at radius 3 is 2.42 bits per heavy atom. The molecule has 3 aromatic rings. The van der Waals surface area contributed by atoms with Crippen molar-refractivity contribution in [2.45, 2.75) is 40.7 Å². The Bertz CT molecular complexity index is 1250. The molecule has 3 rings (SSSR count). The molecule has 0 saturated carbocycles. The van der Waals surface area contributed by atoms with Gasteiger partial charge in [0, 0.05) is 18.6 Å². The van der Waals surface area contributed by atoms with E-state index >= 15 is 0 Å². The molecule has 0 unspecified atom stereocenters. The maximum absolute atomic E-state index is 12.4. The van der Waals surface area contributed by atoms with E-state index in [4.69, 9.17) is 4.74 Å². The van der Waals surface area contributed by atoms with E-state index in [1.807, 2.05) is 32.9 Å². The summed E-state index contributed by atoms with van der Waals surface area (Å²) in [5.41, 5.74) is 3.10. The molecule has 0 aliphatic rings. The molecule has 0 aliphatic carbocycles. The van der Waals surface area contributed by atoms with E-state index in [0.717, 1.165) is 22.9 Å². The Labute approximate surface area is 189 Å². The number of carbonyl (C=O) groups excluding carboxylic acids is 1. The fourth-order valence-corrected chi connectivity index (χ4v) is 3.33. The Hall–Kier alpha value is -4.28. The first-order valence-corrected chi connectivity index (χ1v) is 10.1. The van der Waals surface area contributed by atoms with Crippen LogP contribution < -0.4 is 10.1 Å². The van der Waals surface area contributed by atoms with Crippen molar-refractivity contribution in [1.29, 1.82) is 0 Å². The highest BCUT2D eigenvalue weighted by molar-refractivity contribution is 5.91. The summed E-state index contributed by atoms with van der Waals surface area (Å²) >= 11 is 0. The molecule has 1 amide bonds. The van der Waals surface area contributed by atoms with E-state index < -0.39 is 15.8 Å². The molecule has 172 valence electrons. The monoisotopic (exact) mass is 453 g/mol. The normalized spacial score (nSPS) is 10.7. The Balaban J connectivity index is 1.77. The minimum atomic E-state index is -0.566. The number of aryl methyl sites for hydroxylation is 3. The van der Waals surface area contributed by atoms with Crippen molar-refractivity contribution in [2.75, 3.05) is 5.32 Å². The SMILES string of the molecule is Cc1cc(C)c(C)c(Oc2cc(NC(=O)CCn3ncc([N+](=O)[O-])c3C)cc([N+](=O)[O-])c2)c1. The van der Waals surface area contributed by atoms with Gasteiger partial charge < -0.3 is 10.1 Å². The summed E-state index contributed by atoms with van der Waals surface area (Å²) in [4.78, 5) is 33.7. The average molecular weight is 453 g/mol. The van der Waals surface area contributed by atoms with Gasteiger partial charge in [0.05, 0.1) is 28.1 Å². The number of hydrogen-bond donors (Lipinski definition) is 1. The van der Waals surface area contributed by atoms with Crippen LogP contribution in [0.4, 0.5) is 17.1 Å². The summed E-state index contributed by atoms with van der Waals surface area (Å²) in [7, 11) is 0.